The van der Waals surface area contributed by atoms with Crippen molar-refractivity contribution < 1.29 is 14.3 Å². The molecule has 31 heavy (non-hydrogen) atoms. The summed E-state index contributed by atoms with van der Waals surface area (Å²) in [5.74, 6) is 0.367. The lowest BCUT2D eigenvalue weighted by molar-refractivity contribution is -0.135. The molecule has 5 heteroatoms. The van der Waals surface area contributed by atoms with Gasteiger partial charge in [0.1, 0.15) is 5.75 Å². The Morgan fingerprint density at radius 1 is 0.871 bits per heavy atom. The number of aryl methyl sites for hydroxylation is 1. The molecule has 1 N–H and O–H groups in total. The average molecular weight is 417 g/mol. The van der Waals surface area contributed by atoms with Gasteiger partial charge in [0.05, 0.1) is 7.11 Å². The van der Waals surface area contributed by atoms with Crippen molar-refractivity contribution >= 4 is 11.8 Å². The molecule has 5 nitrogen and oxygen atoms in total. The number of hydrogen-bond acceptors (Lipinski definition) is 3. The van der Waals surface area contributed by atoms with Crippen LogP contribution in [-0.4, -0.2) is 30.0 Å². The van der Waals surface area contributed by atoms with E-state index in [4.69, 9.17) is 4.74 Å². The van der Waals surface area contributed by atoms with Crippen LogP contribution >= 0.6 is 0 Å². The van der Waals surface area contributed by atoms with Crippen molar-refractivity contribution in [2.24, 2.45) is 0 Å². The second-order valence-corrected chi connectivity index (χ2v) is 7.52. The molecule has 0 aromatic heterocycles. The van der Waals surface area contributed by atoms with Crippen molar-refractivity contribution in [1.82, 2.24) is 10.4 Å². The number of methoxy groups -OCH3 is 1. The Morgan fingerprint density at radius 2 is 1.48 bits per heavy atom. The highest BCUT2D eigenvalue weighted by molar-refractivity contribution is 5.95. The van der Waals surface area contributed by atoms with Gasteiger partial charge in [-0.15, -0.1) is 0 Å². The summed E-state index contributed by atoms with van der Waals surface area (Å²) < 4.78 is 5.51. The number of carbonyl (C=O) groups excluding carboxylic acids is 2. The fraction of sp³-hybridized carbons (Fsp3) is 0.231. The van der Waals surface area contributed by atoms with Gasteiger partial charge >= 0.3 is 0 Å². The molecule has 2 amide bonds. The number of nitrogens with zero attached hydrogens (tertiary/aromatic N) is 1. The van der Waals surface area contributed by atoms with Gasteiger partial charge in [-0.05, 0) is 49.6 Å². The molecule has 0 radical (unpaired) electrons. The zero-order valence-electron chi connectivity index (χ0n) is 18.2. The lowest BCUT2D eigenvalue weighted by Crippen LogP contribution is -2.50. The van der Waals surface area contributed by atoms with Gasteiger partial charge in [0.15, 0.2) is 0 Å². The Bertz CT molecular complexity index is 1030. The summed E-state index contributed by atoms with van der Waals surface area (Å²) in [4.78, 5) is 25.5. The van der Waals surface area contributed by atoms with Gasteiger partial charge in [-0.1, -0.05) is 60.7 Å². The molecular weight excluding hydrogens is 388 g/mol. The van der Waals surface area contributed by atoms with Gasteiger partial charge in [-0.3, -0.25) is 20.0 Å². The summed E-state index contributed by atoms with van der Waals surface area (Å²) >= 11 is 0. The second-order valence-electron chi connectivity index (χ2n) is 7.52. The normalized spacial score (nSPS) is 10.6. The number of benzene rings is 3. The summed E-state index contributed by atoms with van der Waals surface area (Å²) in [6.07, 6.45) is 0.830. The van der Waals surface area contributed by atoms with Crippen LogP contribution in [0.15, 0.2) is 78.9 Å². The van der Waals surface area contributed by atoms with E-state index in [-0.39, 0.29) is 24.3 Å². The Kier molecular flexibility index (Phi) is 7.44. The third-order valence-electron chi connectivity index (χ3n) is 5.07. The number of hydrogen-bond donors (Lipinski definition) is 1. The fourth-order valence-electron chi connectivity index (χ4n) is 3.47. The van der Waals surface area contributed by atoms with E-state index in [2.05, 4.69) is 5.43 Å². The molecule has 0 spiro atoms. The van der Waals surface area contributed by atoms with Gasteiger partial charge in [-0.2, -0.15) is 0 Å². The summed E-state index contributed by atoms with van der Waals surface area (Å²) in [7, 11) is 1.65. The zero-order chi connectivity index (χ0) is 22.2. The first kappa shape index (κ1) is 22.1. The summed E-state index contributed by atoms with van der Waals surface area (Å²) in [6.45, 7) is 3.76. The second kappa shape index (κ2) is 10.4. The molecule has 3 aromatic carbocycles. The van der Waals surface area contributed by atoms with Crippen LogP contribution in [0.3, 0.4) is 0 Å². The maximum Gasteiger partial charge on any atom is 0.269 e. The first-order valence-corrected chi connectivity index (χ1v) is 10.4. The Balaban J connectivity index is 1.74. The largest absolute Gasteiger partial charge is 0.496 e. The Morgan fingerprint density at radius 3 is 2.16 bits per heavy atom. The first-order valence-electron chi connectivity index (χ1n) is 10.4. The number of amides is 2. The van der Waals surface area contributed by atoms with Gasteiger partial charge < -0.3 is 4.74 Å². The SMILES string of the molecule is COc1ccccc1-c1ccccc1CCC(=O)N(NC(=O)c1ccccc1)C(C)C. The minimum atomic E-state index is -0.294. The van der Waals surface area contributed by atoms with Crippen molar-refractivity contribution in [1.29, 1.82) is 0 Å². The third kappa shape index (κ3) is 5.51. The molecule has 0 aliphatic rings. The van der Waals surface area contributed by atoms with Gasteiger partial charge in [0.25, 0.3) is 5.91 Å². The zero-order valence-corrected chi connectivity index (χ0v) is 18.2. The predicted octanol–water partition coefficient (Wildman–Crippen LogP) is 4.88. The third-order valence-corrected chi connectivity index (χ3v) is 5.07. The van der Waals surface area contributed by atoms with E-state index >= 15 is 0 Å². The summed E-state index contributed by atoms with van der Waals surface area (Å²) in [6, 6.07) is 24.6. The Labute approximate surface area is 183 Å². The van der Waals surface area contributed by atoms with Crippen molar-refractivity contribution in [3.8, 4) is 16.9 Å². The molecular formula is C26H28N2O3. The van der Waals surface area contributed by atoms with Crippen molar-refractivity contribution in [2.45, 2.75) is 32.7 Å². The highest BCUT2D eigenvalue weighted by Gasteiger charge is 2.20. The monoisotopic (exact) mass is 416 g/mol. The first-order chi connectivity index (χ1) is 15.0. The van der Waals surface area contributed by atoms with Gasteiger partial charge in [0, 0.05) is 23.6 Å². The molecule has 0 fully saturated rings. The molecule has 3 aromatic rings. The number of ether oxygens (including phenoxy) is 1. The predicted molar refractivity (Wildman–Crippen MR) is 123 cm³/mol. The number of para-hydroxylation sites is 1. The quantitative estimate of drug-likeness (QED) is 0.559. The molecule has 0 aliphatic carbocycles. The minimum Gasteiger partial charge on any atom is -0.496 e. The highest BCUT2D eigenvalue weighted by atomic mass is 16.5. The standard InChI is InChI=1S/C26H28N2O3/c1-19(2)28(27-26(30)21-12-5-4-6-13-21)25(29)18-17-20-11-7-8-14-22(20)23-15-9-10-16-24(23)31-3/h4-16,19H,17-18H2,1-3H3,(H,27,30). The molecule has 0 bridgehead atoms. The number of rotatable bonds is 7. The maximum atomic E-state index is 13.0. The molecule has 0 heterocycles. The summed E-state index contributed by atoms with van der Waals surface area (Å²) in [5.41, 5.74) is 6.36. The van der Waals surface area contributed by atoms with Gasteiger partial charge in [0.2, 0.25) is 5.91 Å². The van der Waals surface area contributed by atoms with Crippen molar-refractivity contribution in [2.75, 3.05) is 7.11 Å². The number of nitrogens with one attached hydrogen (secondary N) is 1. The van der Waals surface area contributed by atoms with Crippen LogP contribution < -0.4 is 10.2 Å². The molecule has 0 unspecified atom stereocenters. The summed E-state index contributed by atoms with van der Waals surface area (Å²) in [5, 5.41) is 1.42. The molecule has 160 valence electrons. The van der Waals surface area contributed by atoms with Crippen LogP contribution in [0.25, 0.3) is 11.1 Å². The topological polar surface area (TPSA) is 58.6 Å². The van der Waals surface area contributed by atoms with E-state index < -0.39 is 0 Å². The van der Waals surface area contributed by atoms with Crippen LogP contribution in [0, 0.1) is 0 Å². The van der Waals surface area contributed by atoms with Crippen molar-refractivity contribution in [3.63, 3.8) is 0 Å². The molecule has 0 saturated heterocycles. The van der Waals surface area contributed by atoms with E-state index in [9.17, 15) is 9.59 Å². The molecule has 0 atom stereocenters. The van der Waals surface area contributed by atoms with E-state index in [0.29, 0.717) is 12.0 Å². The van der Waals surface area contributed by atoms with Crippen LogP contribution in [0.1, 0.15) is 36.2 Å². The van der Waals surface area contributed by atoms with Crippen LogP contribution in [0.2, 0.25) is 0 Å². The maximum absolute atomic E-state index is 13.0. The lowest BCUT2D eigenvalue weighted by Gasteiger charge is -2.27. The van der Waals surface area contributed by atoms with E-state index in [1.165, 1.54) is 5.01 Å². The van der Waals surface area contributed by atoms with E-state index in [1.54, 1.807) is 31.4 Å². The molecule has 0 aliphatic heterocycles. The van der Waals surface area contributed by atoms with Crippen molar-refractivity contribution in [3.05, 3.63) is 90.0 Å². The molecule has 3 rings (SSSR count). The fourth-order valence-corrected chi connectivity index (χ4v) is 3.47. The Hall–Kier alpha value is -3.60. The molecule has 0 saturated carbocycles. The highest BCUT2D eigenvalue weighted by Crippen LogP contribution is 2.32. The number of hydrazine groups is 1. The van der Waals surface area contributed by atoms with Crippen LogP contribution in [-0.2, 0) is 11.2 Å². The van der Waals surface area contributed by atoms with E-state index in [0.717, 1.165) is 22.4 Å². The minimum absolute atomic E-state index is 0.130. The van der Waals surface area contributed by atoms with E-state index in [1.807, 2.05) is 68.4 Å². The smallest absolute Gasteiger partial charge is 0.269 e. The number of carbonyl (C=O) groups is 2. The van der Waals surface area contributed by atoms with Crippen LogP contribution in [0.5, 0.6) is 5.75 Å². The lowest BCUT2D eigenvalue weighted by atomic mass is 9.96. The van der Waals surface area contributed by atoms with Gasteiger partial charge in [-0.25, -0.2) is 0 Å². The average Bonchev–Trinajstić information content (AvgIpc) is 2.81. The van der Waals surface area contributed by atoms with Crippen LogP contribution in [0.4, 0.5) is 0 Å².